The van der Waals surface area contributed by atoms with E-state index in [1.54, 1.807) is 0 Å². The minimum absolute atomic E-state index is 0. The molecule has 0 bridgehead atoms. The third kappa shape index (κ3) is 3.63. The summed E-state index contributed by atoms with van der Waals surface area (Å²) in [6, 6.07) is 47.1. The van der Waals surface area contributed by atoms with Crippen molar-refractivity contribution >= 4 is 59.9 Å². The standard InChI is InChI=1S/C30H21Ge.HI/c1-4-16-25-22(10-1)13-7-19-28(25)31(29-20-8-14-23-11-2-5-17-26(23)29)30-21-9-15-24-12-3-6-18-27(24)30;/h1-21H;1H/q+1;/p-1. The molecule has 0 aliphatic heterocycles. The van der Waals surface area contributed by atoms with Crippen molar-refractivity contribution < 1.29 is 24.0 Å². The monoisotopic (exact) mass is 582 g/mol. The molecule has 0 nitrogen and oxygen atoms in total. The van der Waals surface area contributed by atoms with Gasteiger partial charge in [-0.1, -0.05) is 0 Å². The van der Waals surface area contributed by atoms with Crippen molar-refractivity contribution in [2.45, 2.75) is 0 Å². The van der Waals surface area contributed by atoms with E-state index in [2.05, 4.69) is 127 Å². The molecule has 2 heteroatoms. The average Bonchev–Trinajstić information content (AvgIpc) is 2.85. The SMILES string of the molecule is [I-].c1ccc2[c]([Ge+]([c]3cccc4ccccc34)[c]3cccc4ccccc34)cccc2c1. The fourth-order valence-electron chi connectivity index (χ4n) is 4.77. The van der Waals surface area contributed by atoms with Gasteiger partial charge < -0.3 is 24.0 Å². The number of benzene rings is 6. The van der Waals surface area contributed by atoms with Crippen LogP contribution in [0.1, 0.15) is 0 Å². The predicted octanol–water partition coefficient (Wildman–Crippen LogP) is 2.67. The molecule has 6 rings (SSSR count). The van der Waals surface area contributed by atoms with Crippen molar-refractivity contribution in [1.29, 1.82) is 0 Å². The summed E-state index contributed by atoms with van der Waals surface area (Å²) in [4.78, 5) is 0. The molecule has 6 aromatic rings. The molecule has 0 aromatic heterocycles. The van der Waals surface area contributed by atoms with Crippen LogP contribution in [-0.2, 0) is 0 Å². The Bertz CT molecular complexity index is 1350. The second kappa shape index (κ2) is 9.09. The van der Waals surface area contributed by atoms with Gasteiger partial charge in [-0.2, -0.15) is 0 Å². The molecule has 0 unspecified atom stereocenters. The molecule has 0 heterocycles. The summed E-state index contributed by atoms with van der Waals surface area (Å²) in [5, 5.41) is 8.14. The van der Waals surface area contributed by atoms with Gasteiger partial charge in [0.1, 0.15) is 0 Å². The fraction of sp³-hybridized carbons (Fsp3) is 0. The molecular weight excluding hydrogens is 560 g/mol. The van der Waals surface area contributed by atoms with Crippen molar-refractivity contribution in [3.63, 3.8) is 0 Å². The molecular formula is C30H21GeI. The van der Waals surface area contributed by atoms with E-state index in [0.717, 1.165) is 0 Å². The summed E-state index contributed by atoms with van der Waals surface area (Å²) in [6.45, 7) is 0. The first kappa shape index (κ1) is 21.2. The Morgan fingerprint density at radius 2 is 0.594 bits per heavy atom. The molecule has 0 saturated heterocycles. The van der Waals surface area contributed by atoms with E-state index in [-0.39, 0.29) is 24.0 Å². The van der Waals surface area contributed by atoms with Crippen LogP contribution in [0.3, 0.4) is 0 Å². The molecule has 0 atom stereocenters. The Labute approximate surface area is 210 Å². The van der Waals surface area contributed by atoms with Gasteiger partial charge >= 0.3 is 187 Å². The third-order valence-electron chi connectivity index (χ3n) is 6.18. The van der Waals surface area contributed by atoms with E-state index in [0.29, 0.717) is 0 Å². The van der Waals surface area contributed by atoms with Crippen LogP contribution in [0.15, 0.2) is 127 Å². The second-order valence-corrected chi connectivity index (χ2v) is 12.9. The Morgan fingerprint density at radius 3 is 0.938 bits per heavy atom. The summed E-state index contributed by atoms with van der Waals surface area (Å²) in [6.07, 6.45) is 0. The maximum absolute atomic E-state index is 2.38. The van der Waals surface area contributed by atoms with Crippen LogP contribution < -0.4 is 37.2 Å². The summed E-state index contributed by atoms with van der Waals surface area (Å²) < 4.78 is 4.56. The number of halogens is 1. The van der Waals surface area contributed by atoms with Gasteiger partial charge in [-0.15, -0.1) is 0 Å². The van der Waals surface area contributed by atoms with Crippen molar-refractivity contribution in [2.75, 3.05) is 0 Å². The van der Waals surface area contributed by atoms with E-state index in [1.165, 1.54) is 45.5 Å². The van der Waals surface area contributed by atoms with Gasteiger partial charge in [0.2, 0.25) is 0 Å². The van der Waals surface area contributed by atoms with Gasteiger partial charge in [0.25, 0.3) is 0 Å². The summed E-state index contributed by atoms with van der Waals surface area (Å²) >= 11 is -2.14. The first-order valence-corrected chi connectivity index (χ1v) is 13.9. The summed E-state index contributed by atoms with van der Waals surface area (Å²) in [5.74, 6) is 0. The molecule has 0 aliphatic carbocycles. The molecule has 152 valence electrons. The van der Waals surface area contributed by atoms with Crippen molar-refractivity contribution in [3.8, 4) is 0 Å². The molecule has 0 radical (unpaired) electrons. The molecule has 0 fully saturated rings. The second-order valence-electron chi connectivity index (χ2n) is 7.96. The van der Waals surface area contributed by atoms with Crippen molar-refractivity contribution in [3.05, 3.63) is 127 Å². The molecule has 0 saturated carbocycles. The van der Waals surface area contributed by atoms with Crippen molar-refractivity contribution in [2.24, 2.45) is 0 Å². The van der Waals surface area contributed by atoms with Crippen LogP contribution in [0, 0.1) is 0 Å². The molecule has 0 amide bonds. The zero-order valence-corrected chi connectivity index (χ0v) is 21.8. The molecule has 0 N–H and O–H groups in total. The van der Waals surface area contributed by atoms with Gasteiger partial charge in [0.05, 0.1) is 0 Å². The van der Waals surface area contributed by atoms with Gasteiger partial charge in [-0.3, -0.25) is 0 Å². The number of hydrogen-bond donors (Lipinski definition) is 0. The zero-order chi connectivity index (χ0) is 20.6. The number of hydrogen-bond acceptors (Lipinski definition) is 0. The van der Waals surface area contributed by atoms with E-state index in [1.807, 2.05) is 0 Å². The molecule has 0 aliphatic rings. The first-order chi connectivity index (χ1) is 15.4. The molecule has 32 heavy (non-hydrogen) atoms. The fourth-order valence-corrected chi connectivity index (χ4v) is 11.4. The quantitative estimate of drug-likeness (QED) is 0.223. The van der Waals surface area contributed by atoms with Gasteiger partial charge in [-0.25, -0.2) is 0 Å². The topological polar surface area (TPSA) is 0 Å². The van der Waals surface area contributed by atoms with E-state index < -0.39 is 14.3 Å². The third-order valence-corrected chi connectivity index (χ3v) is 12.3. The Balaban J connectivity index is 0.00000216. The normalized spacial score (nSPS) is 10.9. The Hall–Kier alpha value is -2.63. The minimum atomic E-state index is -2.14. The van der Waals surface area contributed by atoms with E-state index in [4.69, 9.17) is 0 Å². The van der Waals surface area contributed by atoms with E-state index in [9.17, 15) is 0 Å². The van der Waals surface area contributed by atoms with Gasteiger partial charge in [-0.05, 0) is 0 Å². The zero-order valence-electron chi connectivity index (χ0n) is 17.5. The number of fused-ring (bicyclic) bond motifs is 3. The molecule has 6 aromatic carbocycles. The Morgan fingerprint density at radius 1 is 0.312 bits per heavy atom. The van der Waals surface area contributed by atoms with Crippen molar-refractivity contribution in [1.82, 2.24) is 0 Å². The van der Waals surface area contributed by atoms with Gasteiger partial charge in [0.15, 0.2) is 0 Å². The first-order valence-electron chi connectivity index (χ1n) is 10.7. The van der Waals surface area contributed by atoms with Crippen LogP contribution in [0.5, 0.6) is 0 Å². The average molecular weight is 581 g/mol. The summed E-state index contributed by atoms with van der Waals surface area (Å²) in [7, 11) is 0. The van der Waals surface area contributed by atoms with Crippen LogP contribution >= 0.6 is 0 Å². The maximum atomic E-state index is 2.38. The van der Waals surface area contributed by atoms with Crippen LogP contribution in [-0.4, -0.2) is 14.3 Å². The molecule has 0 spiro atoms. The van der Waals surface area contributed by atoms with E-state index >= 15 is 0 Å². The van der Waals surface area contributed by atoms with Crippen LogP contribution in [0.2, 0.25) is 0 Å². The van der Waals surface area contributed by atoms with Crippen LogP contribution in [0.4, 0.5) is 0 Å². The predicted molar refractivity (Wildman–Crippen MR) is 136 cm³/mol. The van der Waals surface area contributed by atoms with Gasteiger partial charge in [0, 0.05) is 0 Å². The number of rotatable bonds is 3. The van der Waals surface area contributed by atoms with Crippen LogP contribution in [0.25, 0.3) is 32.3 Å². The summed E-state index contributed by atoms with van der Waals surface area (Å²) in [5.41, 5.74) is 0. The Kier molecular flexibility index (Phi) is 6.03.